The summed E-state index contributed by atoms with van der Waals surface area (Å²) in [5, 5.41) is 30.7. The van der Waals surface area contributed by atoms with Crippen LogP contribution in [0.1, 0.15) is 6.92 Å². The highest BCUT2D eigenvalue weighted by molar-refractivity contribution is 6.35. The summed E-state index contributed by atoms with van der Waals surface area (Å²) in [6.45, 7) is 2.27. The quantitative estimate of drug-likeness (QED) is 0.112. The van der Waals surface area contributed by atoms with Crippen molar-refractivity contribution < 1.29 is 24.1 Å². The first-order valence-corrected chi connectivity index (χ1v) is 10.6. The molecule has 3 aromatic rings. The molecule has 0 amide bonds. The van der Waals surface area contributed by atoms with E-state index in [9.17, 15) is 25.0 Å². The highest BCUT2D eigenvalue weighted by Crippen LogP contribution is 2.46. The summed E-state index contributed by atoms with van der Waals surface area (Å²) in [6, 6.07) is 10.3. The molecule has 0 saturated carbocycles. The Balaban J connectivity index is 2.02. The molecular formula is C22H20ClN5O7. The van der Waals surface area contributed by atoms with Gasteiger partial charge < -0.3 is 14.8 Å². The van der Waals surface area contributed by atoms with Gasteiger partial charge in [0.1, 0.15) is 12.3 Å². The number of anilines is 1. The molecule has 35 heavy (non-hydrogen) atoms. The van der Waals surface area contributed by atoms with Gasteiger partial charge in [0.2, 0.25) is 0 Å². The number of benzene rings is 3. The van der Waals surface area contributed by atoms with Gasteiger partial charge in [-0.1, -0.05) is 35.9 Å². The van der Waals surface area contributed by atoms with Gasteiger partial charge in [-0.05, 0) is 11.5 Å². The van der Waals surface area contributed by atoms with Gasteiger partial charge in [-0.3, -0.25) is 25.0 Å². The Bertz CT molecular complexity index is 1320. The molecule has 2 N–H and O–H groups in total. The number of carbonyl (C=O) groups excluding carboxylic acids is 1. The predicted molar refractivity (Wildman–Crippen MR) is 128 cm³/mol. The third-order valence-corrected chi connectivity index (χ3v) is 5.25. The summed E-state index contributed by atoms with van der Waals surface area (Å²) in [5.41, 5.74) is 7.60. The maximum Gasteiger partial charge on any atom is 0.302 e. The van der Waals surface area contributed by atoms with Crippen LogP contribution in [0, 0.1) is 25.8 Å². The number of halogens is 1. The van der Waals surface area contributed by atoms with Crippen LogP contribution in [0.4, 0.5) is 22.7 Å². The van der Waals surface area contributed by atoms with E-state index in [1.807, 2.05) is 0 Å². The number of nitrogens with one attached hydrogen (secondary N) is 2. The average Bonchev–Trinajstić information content (AvgIpc) is 2.82. The molecule has 0 radical (unpaired) electrons. The summed E-state index contributed by atoms with van der Waals surface area (Å²) >= 11 is 6.31. The van der Waals surface area contributed by atoms with Crippen molar-refractivity contribution >= 4 is 51.1 Å². The van der Waals surface area contributed by atoms with Gasteiger partial charge in [0.25, 0.3) is 11.4 Å². The minimum atomic E-state index is -0.757. The van der Waals surface area contributed by atoms with Gasteiger partial charge in [-0.15, -0.1) is 0 Å². The number of nitro benzene ring substituents is 2. The largest absolute Gasteiger partial charge is 0.463 e. The van der Waals surface area contributed by atoms with Crippen LogP contribution < -0.4 is 5.32 Å². The first kappa shape index (κ1) is 25.5. The number of nitrogens with zero attached hydrogens (tertiary/aromatic N) is 3. The number of ether oxygens (including phenoxy) is 2. The number of carbonyl (C=O) groups is 1. The van der Waals surface area contributed by atoms with Crippen molar-refractivity contribution in [2.45, 2.75) is 6.92 Å². The maximum absolute atomic E-state index is 11.8. The number of nitro groups is 2. The Kier molecular flexibility index (Phi) is 8.23. The zero-order chi connectivity index (χ0) is 25.5. The highest BCUT2D eigenvalue weighted by Gasteiger charge is 2.27. The minimum absolute atomic E-state index is 0.0104. The molecule has 3 rings (SSSR count). The first-order valence-electron chi connectivity index (χ1n) is 10.3. The number of esters is 1. The predicted octanol–water partition coefficient (Wildman–Crippen LogP) is 5.63. The van der Waals surface area contributed by atoms with E-state index < -0.39 is 27.2 Å². The number of hydrogen-bond acceptors (Lipinski definition) is 10. The average molecular weight is 502 g/mol. The molecule has 0 aliphatic carbocycles. The number of non-ortho nitro benzene ring substituents is 1. The molecule has 0 heterocycles. The Labute approximate surface area is 203 Å². The number of hydrogen-bond donors (Lipinski definition) is 2. The van der Waals surface area contributed by atoms with Gasteiger partial charge in [-0.25, -0.2) is 5.53 Å². The molecule has 0 fully saturated rings. The van der Waals surface area contributed by atoms with Crippen LogP contribution in [0.15, 0.2) is 47.6 Å². The van der Waals surface area contributed by atoms with Crippen molar-refractivity contribution in [1.82, 2.24) is 0 Å². The van der Waals surface area contributed by atoms with Gasteiger partial charge in [-0.2, -0.15) is 5.11 Å². The van der Waals surface area contributed by atoms with E-state index in [0.29, 0.717) is 28.6 Å². The molecule has 3 aromatic carbocycles. The standard InChI is InChI=1S/C22H20ClN5O7/c1-13(29)35-9-8-34-7-6-25-22-16-5-3-2-4-15(16)17(12-19(22)26-24)21-18(23)10-14(27(30)31)11-20(21)28(32)33/h2-5,10-12,24-25H,6-9H2,1H3. The number of fused-ring (bicyclic) bond motifs is 1. The van der Waals surface area contributed by atoms with Gasteiger partial charge >= 0.3 is 5.97 Å². The second kappa shape index (κ2) is 11.3. The molecule has 0 aliphatic heterocycles. The fraction of sp³-hybridized carbons (Fsp3) is 0.227. The molecule has 0 aliphatic rings. The van der Waals surface area contributed by atoms with Crippen LogP contribution in [0.5, 0.6) is 0 Å². The lowest BCUT2D eigenvalue weighted by atomic mass is 9.94. The molecule has 12 nitrogen and oxygen atoms in total. The van der Waals surface area contributed by atoms with Crippen LogP contribution in [-0.2, 0) is 14.3 Å². The fourth-order valence-corrected chi connectivity index (χ4v) is 3.84. The highest BCUT2D eigenvalue weighted by atomic mass is 35.5. The summed E-state index contributed by atoms with van der Waals surface area (Å²) in [7, 11) is 0. The second-order valence-electron chi connectivity index (χ2n) is 7.19. The van der Waals surface area contributed by atoms with E-state index >= 15 is 0 Å². The smallest absolute Gasteiger partial charge is 0.302 e. The summed E-state index contributed by atoms with van der Waals surface area (Å²) in [5.74, 6) is -0.395. The summed E-state index contributed by atoms with van der Waals surface area (Å²) in [4.78, 5) is 32.2. The molecule has 182 valence electrons. The van der Waals surface area contributed by atoms with E-state index in [2.05, 4.69) is 10.4 Å². The lowest BCUT2D eigenvalue weighted by molar-refractivity contribution is -0.393. The van der Waals surface area contributed by atoms with E-state index in [1.54, 1.807) is 24.3 Å². The van der Waals surface area contributed by atoms with Crippen molar-refractivity contribution in [1.29, 1.82) is 5.53 Å². The molecule has 0 unspecified atom stereocenters. The Morgan fingerprint density at radius 3 is 2.43 bits per heavy atom. The molecule has 0 spiro atoms. The SMILES string of the molecule is CC(=O)OCCOCCNc1c(N=N)cc(-c2c(Cl)cc([N+](=O)[O-])cc2[N+](=O)[O-])c2ccccc12. The first-order chi connectivity index (χ1) is 16.7. The normalized spacial score (nSPS) is 10.7. The molecular weight excluding hydrogens is 482 g/mol. The lowest BCUT2D eigenvalue weighted by Gasteiger charge is -2.16. The molecule has 0 bridgehead atoms. The zero-order valence-electron chi connectivity index (χ0n) is 18.4. The topological polar surface area (TPSA) is 170 Å². The van der Waals surface area contributed by atoms with E-state index in [-0.39, 0.29) is 36.1 Å². The van der Waals surface area contributed by atoms with Gasteiger partial charge in [0.15, 0.2) is 0 Å². The molecule has 13 heteroatoms. The Hall–Kier alpha value is -4.16. The van der Waals surface area contributed by atoms with Crippen LogP contribution in [0.25, 0.3) is 21.9 Å². The zero-order valence-corrected chi connectivity index (χ0v) is 19.2. The molecule has 0 aromatic heterocycles. The Morgan fingerprint density at radius 1 is 1.09 bits per heavy atom. The fourth-order valence-electron chi connectivity index (χ4n) is 3.53. The van der Waals surface area contributed by atoms with Crippen molar-refractivity contribution in [3.8, 4) is 11.1 Å². The minimum Gasteiger partial charge on any atom is -0.463 e. The van der Waals surface area contributed by atoms with E-state index in [4.69, 9.17) is 26.6 Å². The molecule has 0 saturated heterocycles. The Morgan fingerprint density at radius 2 is 1.80 bits per heavy atom. The van der Waals surface area contributed by atoms with Crippen molar-refractivity contribution in [3.63, 3.8) is 0 Å². The summed E-state index contributed by atoms with van der Waals surface area (Å²) in [6.07, 6.45) is 0. The maximum atomic E-state index is 11.8. The summed E-state index contributed by atoms with van der Waals surface area (Å²) < 4.78 is 10.2. The van der Waals surface area contributed by atoms with E-state index in [1.165, 1.54) is 13.0 Å². The van der Waals surface area contributed by atoms with Crippen molar-refractivity contribution in [2.24, 2.45) is 5.11 Å². The van der Waals surface area contributed by atoms with Gasteiger partial charge in [0, 0.05) is 30.5 Å². The monoisotopic (exact) mass is 501 g/mol. The third kappa shape index (κ3) is 5.86. The van der Waals surface area contributed by atoms with E-state index in [0.717, 1.165) is 12.1 Å². The van der Waals surface area contributed by atoms with Crippen molar-refractivity contribution in [3.05, 3.63) is 67.7 Å². The van der Waals surface area contributed by atoms with Crippen molar-refractivity contribution in [2.75, 3.05) is 31.7 Å². The van der Waals surface area contributed by atoms with Crippen LogP contribution in [0.3, 0.4) is 0 Å². The van der Waals surface area contributed by atoms with Crippen LogP contribution in [-0.4, -0.2) is 42.2 Å². The van der Waals surface area contributed by atoms with Gasteiger partial charge in [0.05, 0.1) is 45.4 Å². The second-order valence-corrected chi connectivity index (χ2v) is 7.60. The third-order valence-electron chi connectivity index (χ3n) is 4.96. The lowest BCUT2D eigenvalue weighted by Crippen LogP contribution is -2.13. The van der Waals surface area contributed by atoms with Crippen LogP contribution in [0.2, 0.25) is 5.02 Å². The van der Waals surface area contributed by atoms with Crippen LogP contribution >= 0.6 is 11.6 Å². The number of rotatable bonds is 11. The molecule has 0 atom stereocenters.